The normalized spacial score (nSPS) is 21.6. The zero-order valence-corrected chi connectivity index (χ0v) is 25.8. The predicted octanol–water partition coefficient (Wildman–Crippen LogP) is 4.47. The van der Waals surface area contributed by atoms with Gasteiger partial charge < -0.3 is 24.0 Å². The molecular formula is C32H43N3O6S. The number of nitrogens with zero attached hydrogens (tertiary/aromatic N) is 2. The fourth-order valence-electron chi connectivity index (χ4n) is 6.46. The molecule has 5 rings (SSSR count). The number of carbonyl (C=O) groups excluding carboxylic acids is 1. The van der Waals surface area contributed by atoms with Crippen molar-refractivity contribution in [1.82, 2.24) is 14.2 Å². The highest BCUT2D eigenvalue weighted by Crippen LogP contribution is 2.34. The molecule has 2 N–H and O–H groups in total. The van der Waals surface area contributed by atoms with Crippen LogP contribution in [0.25, 0.3) is 22.2 Å². The molecular weight excluding hydrogens is 554 g/mol. The quantitative estimate of drug-likeness (QED) is 0.334. The number of rotatable bonds is 10. The summed E-state index contributed by atoms with van der Waals surface area (Å²) in [6.45, 7) is 5.21. The number of fused-ring (bicyclic) bond motifs is 1. The largest absolute Gasteiger partial charge is 0.491 e. The van der Waals surface area contributed by atoms with E-state index in [1.165, 1.54) is 0 Å². The number of likely N-dealkylation sites (tertiary alicyclic amines) is 1. The van der Waals surface area contributed by atoms with E-state index in [-0.39, 0.29) is 28.8 Å². The van der Waals surface area contributed by atoms with Crippen LogP contribution < -0.4 is 9.46 Å². The standard InChI is InChI=1S/C32H43N3O6S/c1-32(2,37)30-6-5-17-35(30)31(36)23-7-12-25(13-8-23)33-42(38,39)27-16-11-24-20-28(34(3)29(24)21-27)22-9-14-26(15-10-22)41-19-18-40-4/h9-11,14-16,20-21,23,25,30,33,37H,5-8,12-13,17-19H2,1-4H3/t23?,25?,30-/m1/s1. The molecule has 2 heterocycles. The first-order valence-electron chi connectivity index (χ1n) is 14.8. The molecule has 0 bridgehead atoms. The number of methoxy groups -OCH3 is 1. The third-order valence-corrected chi connectivity index (χ3v) is 10.3. The Bertz CT molecular complexity index is 1500. The van der Waals surface area contributed by atoms with Crippen molar-refractivity contribution in [3.05, 3.63) is 48.5 Å². The Morgan fingerprint density at radius 3 is 2.40 bits per heavy atom. The van der Waals surface area contributed by atoms with Gasteiger partial charge in [0.1, 0.15) is 12.4 Å². The van der Waals surface area contributed by atoms with E-state index in [1.54, 1.807) is 33.1 Å². The van der Waals surface area contributed by atoms with Crippen LogP contribution >= 0.6 is 0 Å². The van der Waals surface area contributed by atoms with Crippen molar-refractivity contribution in [2.24, 2.45) is 13.0 Å². The Hall–Kier alpha value is -2.92. The maximum Gasteiger partial charge on any atom is 0.240 e. The summed E-state index contributed by atoms with van der Waals surface area (Å²) in [6.07, 6.45) is 4.21. The molecule has 0 spiro atoms. The number of aromatic nitrogens is 1. The van der Waals surface area contributed by atoms with E-state index in [0.29, 0.717) is 45.4 Å². The van der Waals surface area contributed by atoms with E-state index < -0.39 is 15.6 Å². The average molecular weight is 598 g/mol. The Morgan fingerprint density at radius 2 is 1.74 bits per heavy atom. The van der Waals surface area contributed by atoms with E-state index in [0.717, 1.165) is 40.8 Å². The van der Waals surface area contributed by atoms with Crippen LogP contribution in [0.5, 0.6) is 5.75 Å². The minimum Gasteiger partial charge on any atom is -0.491 e. The first-order valence-corrected chi connectivity index (χ1v) is 16.3. The third kappa shape index (κ3) is 6.51. The lowest BCUT2D eigenvalue weighted by molar-refractivity contribution is -0.142. The Kier molecular flexibility index (Phi) is 8.99. The number of nitrogens with one attached hydrogen (secondary N) is 1. The average Bonchev–Trinajstić information content (AvgIpc) is 3.59. The second kappa shape index (κ2) is 12.4. The van der Waals surface area contributed by atoms with Crippen molar-refractivity contribution < 1.29 is 27.8 Å². The zero-order valence-electron chi connectivity index (χ0n) is 25.0. The number of amides is 1. The molecule has 3 aromatic rings. The van der Waals surface area contributed by atoms with Crippen molar-refractivity contribution >= 4 is 26.8 Å². The summed E-state index contributed by atoms with van der Waals surface area (Å²) >= 11 is 0. The van der Waals surface area contributed by atoms with Crippen molar-refractivity contribution in [3.8, 4) is 17.0 Å². The second-order valence-electron chi connectivity index (χ2n) is 12.2. The van der Waals surface area contributed by atoms with E-state index in [9.17, 15) is 18.3 Å². The smallest absolute Gasteiger partial charge is 0.240 e. The summed E-state index contributed by atoms with van der Waals surface area (Å²) in [4.78, 5) is 15.3. The third-order valence-electron chi connectivity index (χ3n) is 8.78. The summed E-state index contributed by atoms with van der Waals surface area (Å²) in [5.41, 5.74) is 1.88. The number of carbonyl (C=O) groups is 1. The fraction of sp³-hybridized carbons (Fsp3) is 0.531. The Labute approximate surface area is 248 Å². The van der Waals surface area contributed by atoms with Crippen LogP contribution in [0.2, 0.25) is 0 Å². The lowest BCUT2D eigenvalue weighted by Gasteiger charge is -2.37. The van der Waals surface area contributed by atoms with Crippen LogP contribution in [-0.2, 0) is 26.6 Å². The maximum absolute atomic E-state index is 13.4. The molecule has 2 fully saturated rings. The van der Waals surface area contributed by atoms with Gasteiger partial charge in [-0.25, -0.2) is 13.1 Å². The van der Waals surface area contributed by atoms with Crippen LogP contribution in [0.4, 0.5) is 0 Å². The lowest BCUT2D eigenvalue weighted by Crippen LogP contribution is -2.50. The summed E-state index contributed by atoms with van der Waals surface area (Å²) in [7, 11) is -0.166. The monoisotopic (exact) mass is 597 g/mol. The van der Waals surface area contributed by atoms with Gasteiger partial charge >= 0.3 is 0 Å². The number of benzene rings is 2. The molecule has 1 atom stereocenters. The summed E-state index contributed by atoms with van der Waals surface area (Å²) in [6, 6.07) is 14.7. The van der Waals surface area contributed by atoms with Crippen LogP contribution in [0.1, 0.15) is 52.4 Å². The number of sulfonamides is 1. The molecule has 1 aromatic heterocycles. The molecule has 9 nitrogen and oxygen atoms in total. The number of hydrogen-bond donors (Lipinski definition) is 2. The lowest BCUT2D eigenvalue weighted by atomic mass is 9.85. The van der Waals surface area contributed by atoms with Gasteiger partial charge in [-0.05, 0) is 100 Å². The predicted molar refractivity (Wildman–Crippen MR) is 163 cm³/mol. The first-order chi connectivity index (χ1) is 20.0. The molecule has 10 heteroatoms. The van der Waals surface area contributed by atoms with E-state index >= 15 is 0 Å². The van der Waals surface area contributed by atoms with Crippen molar-refractivity contribution in [2.75, 3.05) is 26.9 Å². The fourth-order valence-corrected chi connectivity index (χ4v) is 7.79. The van der Waals surface area contributed by atoms with Crippen LogP contribution in [0.3, 0.4) is 0 Å². The highest BCUT2D eigenvalue weighted by Gasteiger charge is 2.41. The number of ether oxygens (including phenoxy) is 2. The molecule has 1 aliphatic carbocycles. The van der Waals surface area contributed by atoms with Gasteiger partial charge in [0.2, 0.25) is 15.9 Å². The van der Waals surface area contributed by atoms with Gasteiger partial charge in [-0.2, -0.15) is 0 Å². The highest BCUT2D eigenvalue weighted by molar-refractivity contribution is 7.89. The van der Waals surface area contributed by atoms with Gasteiger partial charge in [-0.15, -0.1) is 0 Å². The van der Waals surface area contributed by atoms with Gasteiger partial charge in [-0.1, -0.05) is 6.07 Å². The molecule has 2 aliphatic rings. The van der Waals surface area contributed by atoms with Gasteiger partial charge in [-0.3, -0.25) is 4.79 Å². The molecule has 2 aromatic carbocycles. The van der Waals surface area contributed by atoms with Gasteiger partial charge in [0, 0.05) is 49.3 Å². The molecule has 1 aliphatic heterocycles. The van der Waals surface area contributed by atoms with E-state index in [2.05, 4.69) is 10.8 Å². The number of aryl methyl sites for hydroxylation is 1. The van der Waals surface area contributed by atoms with Crippen molar-refractivity contribution in [3.63, 3.8) is 0 Å². The minimum absolute atomic E-state index is 0.0964. The van der Waals surface area contributed by atoms with Crippen LogP contribution in [0.15, 0.2) is 53.4 Å². The Balaban J connectivity index is 1.23. The molecule has 0 radical (unpaired) electrons. The summed E-state index contributed by atoms with van der Waals surface area (Å²) in [5, 5.41) is 11.5. The van der Waals surface area contributed by atoms with E-state index in [1.807, 2.05) is 46.8 Å². The first kappa shape index (κ1) is 30.5. The second-order valence-corrected chi connectivity index (χ2v) is 13.9. The highest BCUT2D eigenvalue weighted by atomic mass is 32.2. The molecule has 228 valence electrons. The van der Waals surface area contributed by atoms with Crippen LogP contribution in [0, 0.1) is 5.92 Å². The number of aliphatic hydroxyl groups is 1. The van der Waals surface area contributed by atoms with Gasteiger partial charge in [0.05, 0.1) is 23.1 Å². The topological polar surface area (TPSA) is 110 Å². The maximum atomic E-state index is 13.4. The Morgan fingerprint density at radius 1 is 1.02 bits per heavy atom. The molecule has 1 amide bonds. The SMILES string of the molecule is COCCOc1ccc(-c2cc3ccc(S(=O)(=O)NC4CCC(C(=O)N5CCC[C@@H]5C(C)(C)O)CC4)cc3n2C)cc1. The van der Waals surface area contributed by atoms with Gasteiger partial charge in [0.25, 0.3) is 0 Å². The molecule has 42 heavy (non-hydrogen) atoms. The van der Waals surface area contributed by atoms with Crippen LogP contribution in [-0.4, -0.2) is 73.5 Å². The minimum atomic E-state index is -3.74. The van der Waals surface area contributed by atoms with Crippen molar-refractivity contribution in [1.29, 1.82) is 0 Å². The number of hydrogen-bond acceptors (Lipinski definition) is 6. The van der Waals surface area contributed by atoms with E-state index in [4.69, 9.17) is 9.47 Å². The summed E-state index contributed by atoms with van der Waals surface area (Å²) < 4.78 is 42.4. The van der Waals surface area contributed by atoms with Crippen molar-refractivity contribution in [2.45, 2.75) is 75.0 Å². The molecule has 0 unspecified atom stereocenters. The zero-order chi connectivity index (χ0) is 30.1. The summed E-state index contributed by atoms with van der Waals surface area (Å²) in [5.74, 6) is 0.735. The van der Waals surface area contributed by atoms with Gasteiger partial charge in [0.15, 0.2) is 0 Å². The molecule has 1 saturated carbocycles. The molecule has 1 saturated heterocycles.